The van der Waals surface area contributed by atoms with Crippen LogP contribution < -0.4 is 0 Å². The van der Waals surface area contributed by atoms with Gasteiger partial charge in [0.25, 0.3) is 0 Å². The Morgan fingerprint density at radius 3 is 2.58 bits per heavy atom. The lowest BCUT2D eigenvalue weighted by atomic mass is 9.47. The number of esters is 1. The molecule has 0 amide bonds. The quantitative estimate of drug-likeness (QED) is 0.299. The minimum atomic E-state index is -0.326. The van der Waals surface area contributed by atoms with E-state index in [-0.39, 0.29) is 23.3 Å². The van der Waals surface area contributed by atoms with Crippen molar-refractivity contribution in [2.24, 2.45) is 46.3 Å². The van der Waals surface area contributed by atoms with Crippen LogP contribution in [0.15, 0.2) is 42.0 Å². The van der Waals surface area contributed by atoms with Crippen molar-refractivity contribution in [3.05, 3.63) is 47.5 Å². The van der Waals surface area contributed by atoms with Crippen LogP contribution in [0, 0.1) is 46.3 Å². The maximum absolute atomic E-state index is 12.7. The zero-order valence-electron chi connectivity index (χ0n) is 23.8. The van der Waals surface area contributed by atoms with Crippen molar-refractivity contribution >= 4 is 5.97 Å². The first-order valence-electron chi connectivity index (χ1n) is 15.5. The molecule has 4 aliphatic carbocycles. The second-order valence-electron chi connectivity index (χ2n) is 14.4. The highest BCUT2D eigenvalue weighted by Gasteiger charge is 2.68. The van der Waals surface area contributed by atoms with Gasteiger partial charge in [-0.15, -0.1) is 0 Å². The monoisotopic (exact) mass is 518 g/mol. The molecule has 1 spiro atoms. The maximum Gasteiger partial charge on any atom is 0.338 e. The van der Waals surface area contributed by atoms with Crippen molar-refractivity contribution in [2.45, 2.75) is 103 Å². The summed E-state index contributed by atoms with van der Waals surface area (Å²) in [4.78, 5) is 12.7. The fourth-order valence-electron chi connectivity index (χ4n) is 10.5. The lowest BCUT2D eigenvalue weighted by molar-refractivity contribution is -0.272. The maximum atomic E-state index is 12.7. The lowest BCUT2D eigenvalue weighted by Crippen LogP contribution is -2.52. The molecule has 4 nitrogen and oxygen atoms in total. The van der Waals surface area contributed by atoms with E-state index in [0.29, 0.717) is 34.8 Å². The van der Waals surface area contributed by atoms with E-state index in [2.05, 4.69) is 33.8 Å². The number of ether oxygens (including phenoxy) is 3. The first-order chi connectivity index (χ1) is 18.2. The summed E-state index contributed by atoms with van der Waals surface area (Å²) in [7, 11) is 0. The van der Waals surface area contributed by atoms with Crippen molar-refractivity contribution in [2.75, 3.05) is 6.61 Å². The third kappa shape index (κ3) is 3.65. The molecule has 3 saturated carbocycles. The van der Waals surface area contributed by atoms with Gasteiger partial charge in [-0.25, -0.2) is 4.79 Å². The van der Waals surface area contributed by atoms with Crippen LogP contribution in [0.25, 0.3) is 0 Å². The number of hydrogen-bond donors (Lipinski definition) is 0. The first kappa shape index (κ1) is 25.3. The number of rotatable bonds is 2. The molecule has 0 aromatic heterocycles. The number of carbonyl (C=O) groups excluding carboxylic acids is 1. The fourth-order valence-corrected chi connectivity index (χ4v) is 10.5. The van der Waals surface area contributed by atoms with E-state index in [9.17, 15) is 4.79 Å². The summed E-state index contributed by atoms with van der Waals surface area (Å²) in [6.45, 7) is 10.7. The molecular formula is C34H46O4. The molecule has 5 fully saturated rings. The summed E-state index contributed by atoms with van der Waals surface area (Å²) in [5.74, 6) is 3.46. The fraction of sp³-hybridized carbons (Fsp3) is 0.735. The number of fused-ring (bicyclic) bond motifs is 7. The molecule has 0 radical (unpaired) electrons. The summed E-state index contributed by atoms with van der Waals surface area (Å²) >= 11 is 0. The van der Waals surface area contributed by atoms with Gasteiger partial charge in [0.15, 0.2) is 5.79 Å². The van der Waals surface area contributed by atoms with Gasteiger partial charge in [-0.2, -0.15) is 0 Å². The van der Waals surface area contributed by atoms with Crippen LogP contribution in [0.5, 0.6) is 0 Å². The predicted molar refractivity (Wildman–Crippen MR) is 147 cm³/mol. The van der Waals surface area contributed by atoms with Crippen molar-refractivity contribution < 1.29 is 19.0 Å². The van der Waals surface area contributed by atoms with Gasteiger partial charge in [0.1, 0.15) is 6.10 Å². The van der Waals surface area contributed by atoms with Crippen LogP contribution in [0.4, 0.5) is 0 Å². The Hall–Kier alpha value is -1.65. The molecule has 206 valence electrons. The summed E-state index contributed by atoms with van der Waals surface area (Å²) < 4.78 is 19.5. The van der Waals surface area contributed by atoms with Gasteiger partial charge in [0, 0.05) is 18.8 Å². The standard InChI is InChI=1S/C34H46O4/c1-21-12-17-34(36-20-21)22(2)30-29(38-34)19-28-26-11-10-24-18-25(37-31(35)23-8-6-5-7-9-23)13-15-32(24,3)27(26)14-16-33(28,30)4/h5-10,21-22,25-30H,11-20H2,1-4H3/t21-,22+,25-,26-,27-,28-,29-,30-,32+,33+,34-/m1/s1. The van der Waals surface area contributed by atoms with E-state index < -0.39 is 0 Å². The van der Waals surface area contributed by atoms with E-state index in [1.807, 2.05) is 30.3 Å². The average molecular weight is 519 g/mol. The number of carbonyl (C=O) groups is 1. The highest BCUT2D eigenvalue weighted by molar-refractivity contribution is 5.89. The first-order valence-corrected chi connectivity index (χ1v) is 15.5. The van der Waals surface area contributed by atoms with Crippen molar-refractivity contribution in [3.63, 3.8) is 0 Å². The third-order valence-electron chi connectivity index (χ3n) is 12.6. The van der Waals surface area contributed by atoms with Gasteiger partial charge in [0.2, 0.25) is 0 Å². The smallest absolute Gasteiger partial charge is 0.338 e. The zero-order valence-corrected chi connectivity index (χ0v) is 23.8. The molecule has 38 heavy (non-hydrogen) atoms. The second kappa shape index (κ2) is 8.93. The molecule has 2 saturated heterocycles. The van der Waals surface area contributed by atoms with Gasteiger partial charge < -0.3 is 14.2 Å². The van der Waals surface area contributed by atoms with Gasteiger partial charge in [0.05, 0.1) is 18.3 Å². The summed E-state index contributed by atoms with van der Waals surface area (Å²) in [5.41, 5.74) is 2.81. The number of benzene rings is 1. The minimum Gasteiger partial charge on any atom is -0.458 e. The summed E-state index contributed by atoms with van der Waals surface area (Å²) in [6.07, 6.45) is 13.3. The molecule has 0 unspecified atom stereocenters. The van der Waals surface area contributed by atoms with E-state index in [0.717, 1.165) is 50.0 Å². The molecule has 4 heteroatoms. The highest BCUT2D eigenvalue weighted by Crippen LogP contribution is 2.70. The van der Waals surface area contributed by atoms with Crippen molar-refractivity contribution in [3.8, 4) is 0 Å². The third-order valence-corrected chi connectivity index (χ3v) is 12.6. The van der Waals surface area contributed by atoms with Crippen LogP contribution in [-0.2, 0) is 14.2 Å². The molecule has 1 aromatic rings. The Morgan fingerprint density at radius 1 is 1.00 bits per heavy atom. The normalized spacial score (nSPS) is 49.4. The molecule has 11 atom stereocenters. The molecule has 7 rings (SSSR count). The lowest BCUT2D eigenvalue weighted by Gasteiger charge is -2.58. The molecule has 1 aromatic carbocycles. The molecule has 6 aliphatic rings. The van der Waals surface area contributed by atoms with Gasteiger partial charge in [-0.1, -0.05) is 57.5 Å². The Labute approximate surface area is 228 Å². The van der Waals surface area contributed by atoms with Gasteiger partial charge in [-0.05, 0) is 97.5 Å². The van der Waals surface area contributed by atoms with Crippen molar-refractivity contribution in [1.29, 1.82) is 0 Å². The molecule has 2 aliphatic heterocycles. The Morgan fingerprint density at radius 2 is 1.82 bits per heavy atom. The van der Waals surface area contributed by atoms with E-state index >= 15 is 0 Å². The SMILES string of the molecule is C[C@@H]1CC[C@@]2(OC1)O[C@@H]1C[C@@H]3[C@@H]4CC=C5C[C@H](OC(=O)c6ccccc6)CC[C@]5(C)[C@@H]4CC[C@]3(C)[C@@H]1[C@@H]2C. The summed E-state index contributed by atoms with van der Waals surface area (Å²) in [6, 6.07) is 9.45. The Bertz CT molecular complexity index is 1100. The Kier molecular flexibility index (Phi) is 5.95. The predicted octanol–water partition coefficient (Wildman–Crippen LogP) is 7.58. The highest BCUT2D eigenvalue weighted by atomic mass is 16.7. The largest absolute Gasteiger partial charge is 0.458 e. The number of hydrogen-bond acceptors (Lipinski definition) is 4. The van der Waals surface area contributed by atoms with E-state index in [1.165, 1.54) is 32.1 Å². The van der Waals surface area contributed by atoms with E-state index in [4.69, 9.17) is 14.2 Å². The van der Waals surface area contributed by atoms with Crippen LogP contribution in [0.2, 0.25) is 0 Å². The van der Waals surface area contributed by atoms with Gasteiger partial charge >= 0.3 is 5.97 Å². The second-order valence-corrected chi connectivity index (χ2v) is 14.4. The molecule has 0 bridgehead atoms. The van der Waals surface area contributed by atoms with Gasteiger partial charge in [-0.3, -0.25) is 0 Å². The molecule has 2 heterocycles. The number of allylic oxidation sites excluding steroid dienone is 1. The minimum absolute atomic E-state index is 0.00178. The summed E-state index contributed by atoms with van der Waals surface area (Å²) in [5, 5.41) is 0. The topological polar surface area (TPSA) is 44.8 Å². The molecular weight excluding hydrogens is 472 g/mol. The van der Waals surface area contributed by atoms with Crippen LogP contribution >= 0.6 is 0 Å². The van der Waals surface area contributed by atoms with Crippen LogP contribution in [-0.4, -0.2) is 30.6 Å². The molecule has 0 N–H and O–H groups in total. The van der Waals surface area contributed by atoms with Crippen LogP contribution in [0.1, 0.15) is 95.8 Å². The Balaban J connectivity index is 1.08. The van der Waals surface area contributed by atoms with Crippen molar-refractivity contribution in [1.82, 2.24) is 0 Å². The average Bonchev–Trinajstić information content (AvgIpc) is 3.36. The van der Waals surface area contributed by atoms with Crippen LogP contribution in [0.3, 0.4) is 0 Å². The zero-order chi connectivity index (χ0) is 26.3. The van der Waals surface area contributed by atoms with E-state index in [1.54, 1.807) is 5.57 Å².